The van der Waals surface area contributed by atoms with Gasteiger partial charge in [-0.2, -0.15) is 0 Å². The Morgan fingerprint density at radius 3 is 3.00 bits per heavy atom. The van der Waals surface area contributed by atoms with Gasteiger partial charge in [0, 0.05) is 0 Å². The molecule has 2 atom stereocenters. The van der Waals surface area contributed by atoms with Crippen LogP contribution in [0, 0.1) is 11.8 Å². The Balaban J connectivity index is 2.48. The van der Waals surface area contributed by atoms with Crippen LogP contribution in [0.3, 0.4) is 0 Å². The summed E-state index contributed by atoms with van der Waals surface area (Å²) in [5.41, 5.74) is 0. The summed E-state index contributed by atoms with van der Waals surface area (Å²) < 4.78 is 0. The lowest BCUT2D eigenvalue weighted by Crippen LogP contribution is -2.16. The fourth-order valence-electron chi connectivity index (χ4n) is 1.50. The van der Waals surface area contributed by atoms with Crippen LogP contribution in [0.2, 0.25) is 0 Å². The summed E-state index contributed by atoms with van der Waals surface area (Å²) in [5, 5.41) is 8.55. The maximum Gasteiger partial charge on any atom is 0.303 e. The average molecular weight is 154 g/mol. The molecular formula is C9H14O2. The summed E-state index contributed by atoms with van der Waals surface area (Å²) in [7, 11) is 0. The molecule has 0 aromatic rings. The van der Waals surface area contributed by atoms with Gasteiger partial charge in [0.05, 0.1) is 6.42 Å². The second-order valence-electron chi connectivity index (χ2n) is 3.24. The highest BCUT2D eigenvalue weighted by Crippen LogP contribution is 2.26. The Labute approximate surface area is 66.9 Å². The summed E-state index contributed by atoms with van der Waals surface area (Å²) in [6.07, 6.45) is 6.67. The number of carboxylic acid groups (broad SMARTS) is 1. The van der Waals surface area contributed by atoms with Crippen LogP contribution in [0.1, 0.15) is 26.2 Å². The number of aliphatic carboxylic acids is 1. The molecule has 0 aliphatic heterocycles. The monoisotopic (exact) mass is 154 g/mol. The topological polar surface area (TPSA) is 37.3 Å². The lowest BCUT2D eigenvalue weighted by molar-refractivity contribution is -0.138. The lowest BCUT2D eigenvalue weighted by Gasteiger charge is -2.22. The minimum Gasteiger partial charge on any atom is -0.481 e. The molecule has 1 N–H and O–H groups in total. The highest BCUT2D eigenvalue weighted by Gasteiger charge is 2.19. The molecule has 0 unspecified atom stereocenters. The van der Waals surface area contributed by atoms with E-state index in [-0.39, 0.29) is 12.3 Å². The van der Waals surface area contributed by atoms with E-state index >= 15 is 0 Å². The maximum atomic E-state index is 10.4. The van der Waals surface area contributed by atoms with Gasteiger partial charge in [0.15, 0.2) is 0 Å². The van der Waals surface area contributed by atoms with Crippen molar-refractivity contribution in [2.45, 2.75) is 26.2 Å². The van der Waals surface area contributed by atoms with Crippen LogP contribution < -0.4 is 0 Å². The molecule has 0 amide bonds. The van der Waals surface area contributed by atoms with Crippen LogP contribution in [0.4, 0.5) is 0 Å². The van der Waals surface area contributed by atoms with Crippen molar-refractivity contribution in [1.29, 1.82) is 0 Å². The fourth-order valence-corrected chi connectivity index (χ4v) is 1.50. The van der Waals surface area contributed by atoms with Gasteiger partial charge in [-0.1, -0.05) is 19.1 Å². The minimum absolute atomic E-state index is 0.265. The third-order valence-electron chi connectivity index (χ3n) is 2.31. The Morgan fingerprint density at radius 1 is 1.73 bits per heavy atom. The molecule has 1 rings (SSSR count). The van der Waals surface area contributed by atoms with Gasteiger partial charge in [-0.15, -0.1) is 0 Å². The second-order valence-corrected chi connectivity index (χ2v) is 3.24. The average Bonchev–Trinajstić information content (AvgIpc) is 1.93. The smallest absolute Gasteiger partial charge is 0.303 e. The van der Waals surface area contributed by atoms with E-state index in [0.717, 1.165) is 12.8 Å². The zero-order valence-corrected chi connectivity index (χ0v) is 6.79. The normalized spacial score (nSPS) is 30.3. The van der Waals surface area contributed by atoms with E-state index in [9.17, 15) is 4.79 Å². The summed E-state index contributed by atoms with van der Waals surface area (Å²) >= 11 is 0. The number of hydrogen-bond acceptors (Lipinski definition) is 1. The third-order valence-corrected chi connectivity index (χ3v) is 2.31. The van der Waals surface area contributed by atoms with Crippen molar-refractivity contribution < 1.29 is 9.90 Å². The first-order valence-electron chi connectivity index (χ1n) is 4.08. The van der Waals surface area contributed by atoms with Gasteiger partial charge in [-0.3, -0.25) is 4.79 Å². The first kappa shape index (κ1) is 8.31. The largest absolute Gasteiger partial charge is 0.481 e. The number of rotatable bonds is 2. The molecule has 0 heterocycles. The van der Waals surface area contributed by atoms with Crippen LogP contribution in [0.15, 0.2) is 12.2 Å². The van der Waals surface area contributed by atoms with Gasteiger partial charge in [-0.25, -0.2) is 0 Å². The number of carbonyl (C=O) groups is 1. The first-order valence-corrected chi connectivity index (χ1v) is 4.08. The second kappa shape index (κ2) is 3.56. The van der Waals surface area contributed by atoms with Crippen molar-refractivity contribution in [3.8, 4) is 0 Å². The van der Waals surface area contributed by atoms with Crippen molar-refractivity contribution in [1.82, 2.24) is 0 Å². The number of carboxylic acids is 1. The molecule has 0 aromatic carbocycles. The van der Waals surface area contributed by atoms with Gasteiger partial charge < -0.3 is 5.11 Å². The number of allylic oxidation sites excluding steroid dienone is 2. The quantitative estimate of drug-likeness (QED) is 0.618. The molecule has 0 fully saturated rings. The van der Waals surface area contributed by atoms with E-state index in [1.165, 1.54) is 0 Å². The summed E-state index contributed by atoms with van der Waals surface area (Å²) in [5.74, 6) is 0.116. The SMILES string of the molecule is C[C@@H]1CCC=C[C@H]1CC(=O)O. The molecule has 0 spiro atoms. The Bertz CT molecular complexity index is 172. The molecule has 11 heavy (non-hydrogen) atoms. The van der Waals surface area contributed by atoms with Gasteiger partial charge in [0.1, 0.15) is 0 Å². The standard InChI is InChI=1S/C9H14O2/c1-7-4-2-3-5-8(7)6-9(10)11/h3,5,7-8H,2,4,6H2,1H3,(H,10,11)/t7-,8+/m1/s1. The third kappa shape index (κ3) is 2.37. The van der Waals surface area contributed by atoms with E-state index in [0.29, 0.717) is 5.92 Å². The molecule has 1 aliphatic carbocycles. The summed E-state index contributed by atoms with van der Waals surface area (Å²) in [6.45, 7) is 2.12. The Kier molecular flexibility index (Phi) is 2.69. The highest BCUT2D eigenvalue weighted by molar-refractivity contribution is 5.67. The molecule has 0 saturated carbocycles. The molecule has 0 saturated heterocycles. The van der Waals surface area contributed by atoms with Gasteiger partial charge >= 0.3 is 5.97 Å². The van der Waals surface area contributed by atoms with Crippen molar-refractivity contribution in [3.05, 3.63) is 12.2 Å². The predicted molar refractivity (Wildman–Crippen MR) is 43.3 cm³/mol. The van der Waals surface area contributed by atoms with Gasteiger partial charge in [0.2, 0.25) is 0 Å². The summed E-state index contributed by atoms with van der Waals surface area (Å²) in [4.78, 5) is 10.4. The zero-order valence-electron chi connectivity index (χ0n) is 6.79. The fraction of sp³-hybridized carbons (Fsp3) is 0.667. The van der Waals surface area contributed by atoms with E-state index in [2.05, 4.69) is 13.0 Å². The Morgan fingerprint density at radius 2 is 2.45 bits per heavy atom. The molecule has 0 aromatic heterocycles. The number of hydrogen-bond donors (Lipinski definition) is 1. The van der Waals surface area contributed by atoms with Crippen molar-refractivity contribution in [2.24, 2.45) is 11.8 Å². The molecule has 62 valence electrons. The van der Waals surface area contributed by atoms with Crippen LogP contribution in [0.5, 0.6) is 0 Å². The van der Waals surface area contributed by atoms with Gasteiger partial charge in [-0.05, 0) is 24.7 Å². The van der Waals surface area contributed by atoms with Crippen molar-refractivity contribution in [3.63, 3.8) is 0 Å². The molecule has 0 radical (unpaired) electrons. The lowest BCUT2D eigenvalue weighted by atomic mass is 9.83. The van der Waals surface area contributed by atoms with Crippen molar-refractivity contribution >= 4 is 5.97 Å². The molecular weight excluding hydrogens is 140 g/mol. The first-order chi connectivity index (χ1) is 5.20. The van der Waals surface area contributed by atoms with Crippen molar-refractivity contribution in [2.75, 3.05) is 0 Å². The molecule has 1 aliphatic rings. The van der Waals surface area contributed by atoms with Crippen LogP contribution in [-0.4, -0.2) is 11.1 Å². The van der Waals surface area contributed by atoms with E-state index in [4.69, 9.17) is 5.11 Å². The zero-order chi connectivity index (χ0) is 8.27. The van der Waals surface area contributed by atoms with Crippen LogP contribution >= 0.6 is 0 Å². The predicted octanol–water partition coefficient (Wildman–Crippen LogP) is 2.06. The summed E-state index contributed by atoms with van der Waals surface area (Å²) in [6, 6.07) is 0. The molecule has 2 nitrogen and oxygen atoms in total. The van der Waals surface area contributed by atoms with E-state index < -0.39 is 5.97 Å². The minimum atomic E-state index is -0.687. The van der Waals surface area contributed by atoms with Crippen LogP contribution in [0.25, 0.3) is 0 Å². The van der Waals surface area contributed by atoms with Crippen LogP contribution in [-0.2, 0) is 4.79 Å². The van der Waals surface area contributed by atoms with E-state index in [1.54, 1.807) is 0 Å². The maximum absolute atomic E-state index is 10.4. The Hall–Kier alpha value is -0.790. The van der Waals surface area contributed by atoms with E-state index in [1.807, 2.05) is 6.08 Å². The van der Waals surface area contributed by atoms with Gasteiger partial charge in [0.25, 0.3) is 0 Å². The molecule has 2 heteroatoms. The molecule has 0 bridgehead atoms. The highest BCUT2D eigenvalue weighted by atomic mass is 16.4.